The highest BCUT2D eigenvalue weighted by atomic mass is 16.6. The van der Waals surface area contributed by atoms with Gasteiger partial charge in [-0.25, -0.2) is 4.79 Å². The fourth-order valence-electron chi connectivity index (χ4n) is 5.46. The summed E-state index contributed by atoms with van der Waals surface area (Å²) < 4.78 is 18.1. The van der Waals surface area contributed by atoms with Crippen LogP contribution >= 0.6 is 0 Å². The first-order chi connectivity index (χ1) is 13.4. The average molecular weight is 401 g/mol. The molecule has 1 aromatic carbocycles. The van der Waals surface area contributed by atoms with Gasteiger partial charge in [-0.05, 0) is 91.7 Å². The van der Waals surface area contributed by atoms with E-state index in [1.165, 1.54) is 5.56 Å². The first-order valence-corrected chi connectivity index (χ1v) is 11.1. The molecule has 2 heterocycles. The summed E-state index contributed by atoms with van der Waals surface area (Å²) in [6.45, 7) is 14.7. The van der Waals surface area contributed by atoms with Gasteiger partial charge < -0.3 is 14.2 Å². The number of carbonyl (C=O) groups excluding carboxylic acids is 1. The molecular weight excluding hydrogens is 364 g/mol. The quantitative estimate of drug-likeness (QED) is 0.471. The van der Waals surface area contributed by atoms with Gasteiger partial charge in [0.1, 0.15) is 5.60 Å². The van der Waals surface area contributed by atoms with E-state index in [0.717, 1.165) is 43.2 Å². The third-order valence-electron chi connectivity index (χ3n) is 7.66. The minimum Gasteiger partial charge on any atom is -0.455 e. The number of carbonyl (C=O) groups is 1. The van der Waals surface area contributed by atoms with Crippen molar-refractivity contribution in [1.29, 1.82) is 0 Å². The van der Waals surface area contributed by atoms with E-state index in [9.17, 15) is 4.79 Å². The Hall–Kier alpha value is -1.39. The van der Waals surface area contributed by atoms with Gasteiger partial charge in [0, 0.05) is 5.92 Å². The van der Waals surface area contributed by atoms with Crippen LogP contribution in [0.5, 0.6) is 0 Å². The number of ether oxygens (including phenoxy) is 3. The van der Waals surface area contributed by atoms with Crippen molar-refractivity contribution in [2.45, 2.75) is 110 Å². The molecule has 2 aliphatic heterocycles. The van der Waals surface area contributed by atoms with Crippen molar-refractivity contribution in [1.82, 2.24) is 0 Å². The van der Waals surface area contributed by atoms with Crippen LogP contribution in [0.1, 0.15) is 86.8 Å². The number of hydrogen-bond acceptors (Lipinski definition) is 4. The lowest BCUT2D eigenvalue weighted by molar-refractivity contribution is -0.0556. The molecular formula is C25H36O4. The molecule has 4 nitrogen and oxygen atoms in total. The summed E-state index contributed by atoms with van der Waals surface area (Å²) in [5, 5.41) is 0. The summed E-state index contributed by atoms with van der Waals surface area (Å²) in [7, 11) is 0. The first-order valence-electron chi connectivity index (χ1n) is 11.1. The fraction of sp³-hybridized carbons (Fsp3) is 0.720. The predicted octanol–water partition coefficient (Wildman–Crippen LogP) is 5.44. The third-order valence-corrected chi connectivity index (χ3v) is 7.66. The van der Waals surface area contributed by atoms with Crippen LogP contribution < -0.4 is 0 Å². The molecule has 1 aromatic rings. The number of aryl methyl sites for hydroxylation is 3. The molecule has 4 rings (SSSR count). The molecule has 3 aliphatic rings. The number of hydrogen-bond donors (Lipinski definition) is 0. The molecule has 29 heavy (non-hydrogen) atoms. The van der Waals surface area contributed by atoms with E-state index in [1.54, 1.807) is 0 Å². The summed E-state index contributed by atoms with van der Waals surface area (Å²) in [6.07, 6.45) is 5.37. The van der Waals surface area contributed by atoms with Gasteiger partial charge in [0.2, 0.25) is 0 Å². The van der Waals surface area contributed by atoms with Crippen molar-refractivity contribution in [2.24, 2.45) is 5.92 Å². The van der Waals surface area contributed by atoms with E-state index >= 15 is 0 Å². The highest BCUT2D eigenvalue weighted by molar-refractivity contribution is 5.93. The van der Waals surface area contributed by atoms with Gasteiger partial charge in [-0.3, -0.25) is 0 Å². The average Bonchev–Trinajstić information content (AvgIpc) is 3.44. The van der Waals surface area contributed by atoms with E-state index in [1.807, 2.05) is 13.8 Å². The SMILES string of the molecule is Cc1cc(C)c(C(=O)OC(C)(CCC2OC2(C)C)C2CCC3(C)OC3C2)c(C)c1. The number of fused-ring (bicyclic) bond motifs is 1. The zero-order chi connectivity index (χ0) is 21.2. The first kappa shape index (κ1) is 20.9. The Morgan fingerprint density at radius 3 is 2.34 bits per heavy atom. The topological polar surface area (TPSA) is 51.4 Å². The summed E-state index contributed by atoms with van der Waals surface area (Å²) >= 11 is 0. The molecule has 1 aliphatic carbocycles. The Morgan fingerprint density at radius 1 is 1.17 bits per heavy atom. The summed E-state index contributed by atoms with van der Waals surface area (Å²) in [5.74, 6) is 0.128. The summed E-state index contributed by atoms with van der Waals surface area (Å²) in [4.78, 5) is 13.3. The fourth-order valence-corrected chi connectivity index (χ4v) is 5.46. The zero-order valence-electron chi connectivity index (χ0n) is 19.1. The monoisotopic (exact) mass is 400 g/mol. The molecule has 5 unspecified atom stereocenters. The smallest absolute Gasteiger partial charge is 0.339 e. The molecule has 0 bridgehead atoms. The molecule has 0 amide bonds. The molecule has 0 spiro atoms. The third kappa shape index (κ3) is 3.98. The summed E-state index contributed by atoms with van der Waals surface area (Å²) in [5.41, 5.74) is 3.38. The Bertz CT molecular complexity index is 805. The second kappa shape index (κ2) is 6.81. The van der Waals surface area contributed by atoms with Gasteiger partial charge in [-0.15, -0.1) is 0 Å². The molecule has 2 saturated heterocycles. The van der Waals surface area contributed by atoms with Crippen molar-refractivity contribution in [3.63, 3.8) is 0 Å². The number of benzene rings is 1. The van der Waals surface area contributed by atoms with Gasteiger partial charge in [-0.2, -0.15) is 0 Å². The van der Waals surface area contributed by atoms with Crippen LogP contribution in [0.25, 0.3) is 0 Å². The molecule has 3 fully saturated rings. The van der Waals surface area contributed by atoms with Gasteiger partial charge >= 0.3 is 5.97 Å². The zero-order valence-corrected chi connectivity index (χ0v) is 19.1. The lowest BCUT2D eigenvalue weighted by Crippen LogP contribution is -2.43. The normalized spacial score (nSPS) is 34.1. The van der Waals surface area contributed by atoms with Crippen molar-refractivity contribution >= 4 is 5.97 Å². The Labute approximate surface area is 175 Å². The second-order valence-electron chi connectivity index (χ2n) is 10.6. The highest BCUT2D eigenvalue weighted by Crippen LogP contribution is 2.53. The molecule has 160 valence electrons. The molecule has 1 saturated carbocycles. The molecule has 4 heteroatoms. The van der Waals surface area contributed by atoms with E-state index in [-0.39, 0.29) is 23.3 Å². The van der Waals surface area contributed by atoms with Crippen molar-refractivity contribution in [2.75, 3.05) is 0 Å². The Morgan fingerprint density at radius 2 is 1.79 bits per heavy atom. The molecule has 0 aromatic heterocycles. The standard InChI is InChI=1S/C25H36O4/c1-15-12-16(2)21(17(3)13-15)22(26)29-24(6,11-9-19-23(4,5)27-19)18-8-10-25(7)20(14-18)28-25/h12-13,18-20H,8-11,14H2,1-7H3. The minimum atomic E-state index is -0.504. The van der Waals surface area contributed by atoms with Crippen molar-refractivity contribution in [3.8, 4) is 0 Å². The lowest BCUT2D eigenvalue weighted by Gasteiger charge is -2.39. The van der Waals surface area contributed by atoms with Gasteiger partial charge in [0.25, 0.3) is 0 Å². The Kier molecular flexibility index (Phi) is 4.90. The van der Waals surface area contributed by atoms with Crippen LogP contribution in [-0.4, -0.2) is 35.0 Å². The van der Waals surface area contributed by atoms with Gasteiger partial charge in [0.05, 0.1) is 29.0 Å². The number of esters is 1. The summed E-state index contributed by atoms with van der Waals surface area (Å²) in [6, 6.07) is 4.12. The minimum absolute atomic E-state index is 0.0419. The maximum atomic E-state index is 13.3. The Balaban J connectivity index is 1.54. The molecule has 0 radical (unpaired) electrons. The number of epoxide rings is 2. The van der Waals surface area contributed by atoms with Gasteiger partial charge in [-0.1, -0.05) is 17.7 Å². The van der Waals surface area contributed by atoms with E-state index < -0.39 is 5.60 Å². The number of rotatable bonds is 6. The van der Waals surface area contributed by atoms with E-state index in [0.29, 0.717) is 17.6 Å². The lowest BCUT2D eigenvalue weighted by atomic mass is 9.72. The van der Waals surface area contributed by atoms with Crippen molar-refractivity contribution < 1.29 is 19.0 Å². The maximum Gasteiger partial charge on any atom is 0.339 e. The van der Waals surface area contributed by atoms with Crippen LogP contribution in [0.2, 0.25) is 0 Å². The largest absolute Gasteiger partial charge is 0.455 e. The van der Waals surface area contributed by atoms with Crippen LogP contribution in [0, 0.1) is 26.7 Å². The van der Waals surface area contributed by atoms with Gasteiger partial charge in [0.15, 0.2) is 0 Å². The van der Waals surface area contributed by atoms with E-state index in [4.69, 9.17) is 14.2 Å². The predicted molar refractivity (Wildman–Crippen MR) is 113 cm³/mol. The molecule has 0 N–H and O–H groups in total. The second-order valence-corrected chi connectivity index (χ2v) is 10.6. The van der Waals surface area contributed by atoms with E-state index in [2.05, 4.69) is 46.8 Å². The van der Waals surface area contributed by atoms with Crippen molar-refractivity contribution in [3.05, 3.63) is 34.4 Å². The van der Waals surface area contributed by atoms with Crippen LogP contribution in [0.15, 0.2) is 12.1 Å². The maximum absolute atomic E-state index is 13.3. The molecule has 5 atom stereocenters. The van der Waals surface area contributed by atoms with Crippen LogP contribution in [0.3, 0.4) is 0 Å². The van der Waals surface area contributed by atoms with Crippen LogP contribution in [-0.2, 0) is 14.2 Å². The highest BCUT2D eigenvalue weighted by Gasteiger charge is 2.59. The van der Waals surface area contributed by atoms with Crippen LogP contribution in [0.4, 0.5) is 0 Å².